The number of ether oxygens (including phenoxy) is 1. The van der Waals surface area contributed by atoms with E-state index in [0.29, 0.717) is 12.5 Å². The predicted molar refractivity (Wildman–Crippen MR) is 92.5 cm³/mol. The summed E-state index contributed by atoms with van der Waals surface area (Å²) in [6.45, 7) is -2.59. The number of nitrogens with one attached hydrogen (secondary N) is 1. The van der Waals surface area contributed by atoms with Crippen molar-refractivity contribution >= 4 is 29.1 Å². The number of carbonyl (C=O) groups excluding carboxylic acids is 1. The van der Waals surface area contributed by atoms with Gasteiger partial charge in [-0.25, -0.2) is 5.48 Å². The average Bonchev–Trinajstić information content (AvgIpc) is 3.38. The first-order chi connectivity index (χ1) is 12.5. The number of alkyl halides is 2. The normalized spacial score (nSPS) is 13.7. The van der Waals surface area contributed by atoms with E-state index in [1.54, 1.807) is 0 Å². The molecule has 1 aliphatic rings. The molecule has 3 rings (SSSR count). The molecule has 2 aromatic rings. The number of hydrogen-bond donors (Lipinski definition) is 1. The van der Waals surface area contributed by atoms with Crippen LogP contribution in [0.15, 0.2) is 30.6 Å². The van der Waals surface area contributed by atoms with E-state index in [9.17, 15) is 13.6 Å². The Morgan fingerprint density at radius 3 is 2.58 bits per heavy atom. The molecule has 1 aliphatic carbocycles. The molecule has 9 heteroatoms. The van der Waals surface area contributed by atoms with Crippen molar-refractivity contribution in [3.05, 3.63) is 46.2 Å². The molecule has 138 valence electrons. The highest BCUT2D eigenvalue weighted by Gasteiger charge is 2.23. The highest BCUT2D eigenvalue weighted by molar-refractivity contribution is 6.39. The summed E-state index contributed by atoms with van der Waals surface area (Å²) in [5, 5.41) is 0.333. The van der Waals surface area contributed by atoms with E-state index in [0.717, 1.165) is 12.8 Å². The molecule has 1 heterocycles. The van der Waals surface area contributed by atoms with Crippen molar-refractivity contribution in [1.82, 2.24) is 10.5 Å². The number of halogens is 4. The van der Waals surface area contributed by atoms with Gasteiger partial charge in [0.05, 0.1) is 16.7 Å². The number of carbonyl (C=O) groups is 1. The Hall–Kier alpha value is -1.96. The summed E-state index contributed by atoms with van der Waals surface area (Å²) < 4.78 is 29.5. The molecule has 5 nitrogen and oxygen atoms in total. The topological polar surface area (TPSA) is 60.5 Å². The Bertz CT molecular complexity index is 796. The maximum atomic E-state index is 12.5. The minimum atomic E-state index is -3.01. The zero-order chi connectivity index (χ0) is 18.7. The van der Waals surface area contributed by atoms with Crippen molar-refractivity contribution < 1.29 is 23.1 Å². The zero-order valence-electron chi connectivity index (χ0n) is 13.3. The van der Waals surface area contributed by atoms with Crippen LogP contribution >= 0.6 is 23.2 Å². The van der Waals surface area contributed by atoms with Crippen LogP contribution in [0.2, 0.25) is 10.0 Å². The number of aromatic nitrogens is 1. The lowest BCUT2D eigenvalue weighted by Gasteiger charge is -2.14. The quantitative estimate of drug-likeness (QED) is 0.680. The monoisotopic (exact) mass is 402 g/mol. The summed E-state index contributed by atoms with van der Waals surface area (Å²) in [7, 11) is 0. The minimum Gasteiger partial charge on any atom is -0.435 e. The summed E-state index contributed by atoms with van der Waals surface area (Å²) in [6.07, 6.45) is 4.83. The number of hydroxylamine groups is 1. The molecule has 0 unspecified atom stereocenters. The van der Waals surface area contributed by atoms with E-state index < -0.39 is 12.5 Å². The number of hydrogen-bond acceptors (Lipinski definition) is 4. The molecule has 0 bridgehead atoms. The second-order valence-corrected chi connectivity index (χ2v) is 6.56. The molecular weight excluding hydrogens is 389 g/mol. The lowest BCUT2D eigenvalue weighted by molar-refractivity contribution is -0.0498. The maximum Gasteiger partial charge on any atom is 0.387 e. The highest BCUT2D eigenvalue weighted by Crippen LogP contribution is 2.38. The smallest absolute Gasteiger partial charge is 0.387 e. The Morgan fingerprint density at radius 2 is 1.96 bits per heavy atom. The number of nitrogens with zero attached hydrogens (tertiary/aromatic N) is 1. The fraction of sp³-hybridized carbons (Fsp3) is 0.294. The summed E-state index contributed by atoms with van der Waals surface area (Å²) in [5.41, 5.74) is 3.02. The van der Waals surface area contributed by atoms with E-state index in [4.69, 9.17) is 28.0 Å². The van der Waals surface area contributed by atoms with Crippen LogP contribution in [-0.2, 0) is 4.84 Å². The third-order valence-corrected chi connectivity index (χ3v) is 4.34. The number of rotatable bonds is 7. The largest absolute Gasteiger partial charge is 0.435 e. The van der Waals surface area contributed by atoms with Crippen molar-refractivity contribution in [3.8, 4) is 16.9 Å². The van der Waals surface area contributed by atoms with Gasteiger partial charge in [-0.3, -0.25) is 14.6 Å². The van der Waals surface area contributed by atoms with E-state index in [1.165, 1.54) is 30.6 Å². The average molecular weight is 403 g/mol. The van der Waals surface area contributed by atoms with E-state index in [2.05, 4.69) is 15.2 Å². The Morgan fingerprint density at radius 1 is 1.27 bits per heavy atom. The van der Waals surface area contributed by atoms with Crippen LogP contribution in [0, 0.1) is 5.92 Å². The highest BCUT2D eigenvalue weighted by atomic mass is 35.5. The van der Waals surface area contributed by atoms with Crippen molar-refractivity contribution in [2.75, 3.05) is 6.61 Å². The lowest BCUT2D eigenvalue weighted by Crippen LogP contribution is -2.25. The molecule has 1 aromatic carbocycles. The summed E-state index contributed by atoms with van der Waals surface area (Å²) in [5.74, 6) is -0.219. The summed E-state index contributed by atoms with van der Waals surface area (Å²) in [4.78, 5) is 21.5. The number of benzene rings is 1. The molecular formula is C17H14Cl2F2N2O3. The van der Waals surface area contributed by atoms with Gasteiger partial charge in [0.15, 0.2) is 0 Å². The third kappa shape index (κ3) is 4.60. The minimum absolute atomic E-state index is 0.130. The third-order valence-electron chi connectivity index (χ3n) is 3.76. The van der Waals surface area contributed by atoms with E-state index in [1.807, 2.05) is 0 Å². The molecule has 1 amide bonds. The Kier molecular flexibility index (Phi) is 5.90. The van der Waals surface area contributed by atoms with Gasteiger partial charge in [0.2, 0.25) is 0 Å². The molecule has 1 saturated carbocycles. The second kappa shape index (κ2) is 8.16. The number of amides is 1. The number of pyridine rings is 1. The van der Waals surface area contributed by atoms with Gasteiger partial charge in [-0.1, -0.05) is 23.2 Å². The van der Waals surface area contributed by atoms with E-state index >= 15 is 0 Å². The molecule has 0 saturated heterocycles. The first-order valence-corrected chi connectivity index (χ1v) is 8.51. The fourth-order valence-corrected chi connectivity index (χ4v) is 2.91. The van der Waals surface area contributed by atoms with Gasteiger partial charge < -0.3 is 4.74 Å². The Balaban J connectivity index is 1.95. The maximum absolute atomic E-state index is 12.5. The molecule has 1 N–H and O–H groups in total. The van der Waals surface area contributed by atoms with Crippen molar-refractivity contribution in [1.29, 1.82) is 0 Å². The van der Waals surface area contributed by atoms with Crippen LogP contribution in [0.3, 0.4) is 0 Å². The molecule has 0 radical (unpaired) electrons. The summed E-state index contributed by atoms with van der Waals surface area (Å²) in [6, 6.07) is 3.87. The van der Waals surface area contributed by atoms with Crippen LogP contribution in [0.4, 0.5) is 8.78 Å². The molecule has 1 fully saturated rings. The van der Waals surface area contributed by atoms with Gasteiger partial charge in [-0.05, 0) is 37.0 Å². The Labute approximate surface area is 158 Å². The molecule has 0 spiro atoms. The van der Waals surface area contributed by atoms with Crippen molar-refractivity contribution in [2.24, 2.45) is 5.92 Å². The molecule has 0 aliphatic heterocycles. The van der Waals surface area contributed by atoms with Crippen molar-refractivity contribution in [2.45, 2.75) is 19.5 Å². The second-order valence-electron chi connectivity index (χ2n) is 5.75. The summed E-state index contributed by atoms with van der Waals surface area (Å²) >= 11 is 12.3. The molecule has 26 heavy (non-hydrogen) atoms. The zero-order valence-corrected chi connectivity index (χ0v) is 14.9. The molecule has 0 atom stereocenters. The van der Waals surface area contributed by atoms with Crippen LogP contribution in [-0.4, -0.2) is 24.1 Å². The predicted octanol–water partition coefficient (Wildman–Crippen LogP) is 4.73. The van der Waals surface area contributed by atoms with Gasteiger partial charge in [0, 0.05) is 29.1 Å². The van der Waals surface area contributed by atoms with Gasteiger partial charge in [-0.15, -0.1) is 0 Å². The van der Waals surface area contributed by atoms with Crippen LogP contribution < -0.4 is 10.2 Å². The van der Waals surface area contributed by atoms with Crippen LogP contribution in [0.5, 0.6) is 5.75 Å². The van der Waals surface area contributed by atoms with Crippen LogP contribution in [0.25, 0.3) is 11.1 Å². The SMILES string of the molecule is O=C(NOCC1CC1)c1ccc(OC(F)F)cc1-c1c(Cl)cncc1Cl. The van der Waals surface area contributed by atoms with E-state index in [-0.39, 0.29) is 32.5 Å². The van der Waals surface area contributed by atoms with Crippen LogP contribution in [0.1, 0.15) is 23.2 Å². The lowest BCUT2D eigenvalue weighted by atomic mass is 9.99. The van der Waals surface area contributed by atoms with Gasteiger partial charge in [-0.2, -0.15) is 8.78 Å². The fourth-order valence-electron chi connectivity index (χ4n) is 2.34. The van der Waals surface area contributed by atoms with Gasteiger partial charge in [0.1, 0.15) is 5.75 Å². The van der Waals surface area contributed by atoms with Crippen molar-refractivity contribution in [3.63, 3.8) is 0 Å². The standard InChI is InChI=1S/C17H14Cl2F2N2O3/c18-13-6-22-7-14(19)15(13)12-5-10(26-17(20)21)3-4-11(12)16(24)23-25-8-9-1-2-9/h3-7,9,17H,1-2,8H2,(H,23,24). The van der Waals surface area contributed by atoms with Gasteiger partial charge >= 0.3 is 6.61 Å². The molecule has 1 aromatic heterocycles. The van der Waals surface area contributed by atoms with Gasteiger partial charge in [0.25, 0.3) is 5.91 Å². The first-order valence-electron chi connectivity index (χ1n) is 7.76. The first kappa shape index (κ1) is 18.8.